The third-order valence-electron chi connectivity index (χ3n) is 5.90. The number of nitro benzene ring substituents is 1. The lowest BCUT2D eigenvalue weighted by Gasteiger charge is -2.19. The average molecular weight is 434 g/mol. The van der Waals surface area contributed by atoms with Crippen LogP contribution in [0.5, 0.6) is 5.75 Å². The summed E-state index contributed by atoms with van der Waals surface area (Å²) in [7, 11) is 0. The van der Waals surface area contributed by atoms with Gasteiger partial charge in [-0.15, -0.1) is 5.10 Å². The van der Waals surface area contributed by atoms with Crippen LogP contribution in [0.1, 0.15) is 50.7 Å². The summed E-state index contributed by atoms with van der Waals surface area (Å²) in [5, 5.41) is 19.4. The highest BCUT2D eigenvalue weighted by atomic mass is 16.6. The third-order valence-corrected chi connectivity index (χ3v) is 5.90. The molecule has 0 aliphatic rings. The van der Waals surface area contributed by atoms with Crippen LogP contribution in [0.4, 0.5) is 5.69 Å². The van der Waals surface area contributed by atoms with E-state index < -0.39 is 4.92 Å². The quantitative estimate of drug-likeness (QED) is 0.256. The van der Waals surface area contributed by atoms with Crippen LogP contribution in [0.15, 0.2) is 48.7 Å². The summed E-state index contributed by atoms with van der Waals surface area (Å²) in [6.07, 6.45) is 6.43. The highest BCUT2D eigenvalue weighted by Crippen LogP contribution is 2.35. The fourth-order valence-electron chi connectivity index (χ4n) is 3.84. The SMILES string of the molecule is CCCCC(CC)COc1cc(C)c(-c2ccnnc2-c2ccc([N+](=O)[O-])cc2)cc1C. The number of ether oxygens (including phenoxy) is 1. The fourth-order valence-corrected chi connectivity index (χ4v) is 3.84. The summed E-state index contributed by atoms with van der Waals surface area (Å²) in [4.78, 5) is 10.6. The molecule has 0 bridgehead atoms. The van der Waals surface area contributed by atoms with Crippen molar-refractivity contribution in [2.24, 2.45) is 5.92 Å². The number of unbranched alkanes of at least 4 members (excludes halogenated alkanes) is 1. The Balaban J connectivity index is 1.89. The molecule has 32 heavy (non-hydrogen) atoms. The second kappa shape index (κ2) is 10.8. The molecule has 1 aromatic heterocycles. The Morgan fingerprint density at radius 3 is 2.44 bits per heavy atom. The van der Waals surface area contributed by atoms with Gasteiger partial charge in [0.1, 0.15) is 11.4 Å². The van der Waals surface area contributed by atoms with E-state index in [1.54, 1.807) is 18.3 Å². The summed E-state index contributed by atoms with van der Waals surface area (Å²) in [6.45, 7) is 9.31. The molecule has 0 radical (unpaired) electrons. The maximum Gasteiger partial charge on any atom is 0.269 e. The molecule has 1 atom stereocenters. The van der Waals surface area contributed by atoms with Gasteiger partial charge in [0.05, 0.1) is 17.7 Å². The molecule has 0 N–H and O–H groups in total. The largest absolute Gasteiger partial charge is 0.493 e. The van der Waals surface area contributed by atoms with Crippen molar-refractivity contribution < 1.29 is 9.66 Å². The van der Waals surface area contributed by atoms with Gasteiger partial charge in [-0.25, -0.2) is 0 Å². The first kappa shape index (κ1) is 23.4. The standard InChI is InChI=1S/C26H31N3O3/c1-5-7-8-20(6-2)17-32-25-16-18(3)24(15-19(25)4)23-13-14-27-28-26(23)21-9-11-22(12-10-21)29(30)31/h9-16,20H,5-8,17H2,1-4H3. The monoisotopic (exact) mass is 433 g/mol. The number of hydrogen-bond donors (Lipinski definition) is 0. The third kappa shape index (κ3) is 5.49. The molecule has 168 valence electrons. The number of benzene rings is 2. The van der Waals surface area contributed by atoms with E-state index in [1.807, 2.05) is 6.07 Å². The Morgan fingerprint density at radius 1 is 1.03 bits per heavy atom. The number of hydrogen-bond acceptors (Lipinski definition) is 5. The number of rotatable bonds is 10. The van der Waals surface area contributed by atoms with Crippen molar-refractivity contribution in [1.29, 1.82) is 0 Å². The molecule has 0 aliphatic carbocycles. The van der Waals surface area contributed by atoms with E-state index >= 15 is 0 Å². The number of nitrogens with zero attached hydrogens (tertiary/aromatic N) is 3. The number of aryl methyl sites for hydroxylation is 2. The topological polar surface area (TPSA) is 78.2 Å². The molecule has 0 spiro atoms. The molecule has 0 aliphatic heterocycles. The van der Waals surface area contributed by atoms with Gasteiger partial charge in [-0.05, 0) is 73.2 Å². The molecule has 1 unspecified atom stereocenters. The molecular weight excluding hydrogens is 402 g/mol. The van der Waals surface area contributed by atoms with Crippen LogP contribution in [0.2, 0.25) is 0 Å². The summed E-state index contributed by atoms with van der Waals surface area (Å²) in [6, 6.07) is 12.6. The van der Waals surface area contributed by atoms with Crippen LogP contribution in [-0.4, -0.2) is 21.7 Å². The maximum absolute atomic E-state index is 11.0. The van der Waals surface area contributed by atoms with Crippen LogP contribution in [0.3, 0.4) is 0 Å². The first-order valence-corrected chi connectivity index (χ1v) is 11.3. The van der Waals surface area contributed by atoms with E-state index in [2.05, 4.69) is 50.0 Å². The lowest BCUT2D eigenvalue weighted by atomic mass is 9.94. The molecule has 0 fully saturated rings. The second-order valence-electron chi connectivity index (χ2n) is 8.26. The average Bonchev–Trinajstić information content (AvgIpc) is 2.81. The van der Waals surface area contributed by atoms with Gasteiger partial charge in [-0.2, -0.15) is 5.10 Å². The zero-order valence-corrected chi connectivity index (χ0v) is 19.3. The first-order valence-electron chi connectivity index (χ1n) is 11.3. The Labute approximate surface area is 189 Å². The lowest BCUT2D eigenvalue weighted by molar-refractivity contribution is -0.384. The lowest BCUT2D eigenvalue weighted by Crippen LogP contribution is -2.12. The highest BCUT2D eigenvalue weighted by Gasteiger charge is 2.16. The maximum atomic E-state index is 11.0. The molecular formula is C26H31N3O3. The Morgan fingerprint density at radius 2 is 1.78 bits per heavy atom. The van der Waals surface area contributed by atoms with E-state index in [1.165, 1.54) is 31.4 Å². The first-order chi connectivity index (χ1) is 15.4. The van der Waals surface area contributed by atoms with Gasteiger partial charge in [0.15, 0.2) is 0 Å². The van der Waals surface area contributed by atoms with E-state index in [9.17, 15) is 10.1 Å². The summed E-state index contributed by atoms with van der Waals surface area (Å²) < 4.78 is 6.22. The van der Waals surface area contributed by atoms with Crippen molar-refractivity contribution in [3.8, 4) is 28.1 Å². The number of nitro groups is 1. The minimum Gasteiger partial charge on any atom is -0.493 e. The molecule has 1 heterocycles. The highest BCUT2D eigenvalue weighted by molar-refractivity contribution is 5.82. The molecule has 2 aromatic carbocycles. The van der Waals surface area contributed by atoms with Gasteiger partial charge in [0.2, 0.25) is 0 Å². The Kier molecular flexibility index (Phi) is 7.92. The van der Waals surface area contributed by atoms with Crippen LogP contribution in [-0.2, 0) is 0 Å². The van der Waals surface area contributed by atoms with E-state index in [0.717, 1.165) is 46.6 Å². The normalized spacial score (nSPS) is 11.9. The zero-order valence-electron chi connectivity index (χ0n) is 19.3. The molecule has 0 amide bonds. The van der Waals surface area contributed by atoms with Crippen molar-refractivity contribution in [3.05, 3.63) is 69.9 Å². The summed E-state index contributed by atoms with van der Waals surface area (Å²) >= 11 is 0. The van der Waals surface area contributed by atoms with Crippen molar-refractivity contribution >= 4 is 5.69 Å². The molecule has 3 rings (SSSR count). The van der Waals surface area contributed by atoms with Crippen LogP contribution in [0.25, 0.3) is 22.4 Å². The van der Waals surface area contributed by atoms with Crippen molar-refractivity contribution in [1.82, 2.24) is 10.2 Å². The smallest absolute Gasteiger partial charge is 0.269 e. The van der Waals surface area contributed by atoms with Gasteiger partial charge in [0, 0.05) is 23.3 Å². The van der Waals surface area contributed by atoms with Gasteiger partial charge in [0.25, 0.3) is 5.69 Å². The number of non-ortho nitro benzene ring substituents is 1. The molecule has 0 saturated carbocycles. The minimum atomic E-state index is -0.404. The zero-order chi connectivity index (χ0) is 23.1. The van der Waals surface area contributed by atoms with E-state index in [0.29, 0.717) is 11.6 Å². The van der Waals surface area contributed by atoms with Gasteiger partial charge in [-0.1, -0.05) is 33.1 Å². The van der Waals surface area contributed by atoms with E-state index in [-0.39, 0.29) is 5.69 Å². The molecule has 6 heteroatoms. The van der Waals surface area contributed by atoms with Crippen LogP contribution < -0.4 is 4.74 Å². The Hall–Kier alpha value is -3.28. The predicted molar refractivity (Wildman–Crippen MR) is 128 cm³/mol. The fraction of sp³-hybridized carbons (Fsp3) is 0.385. The van der Waals surface area contributed by atoms with Gasteiger partial charge >= 0.3 is 0 Å². The van der Waals surface area contributed by atoms with E-state index in [4.69, 9.17) is 4.74 Å². The molecule has 6 nitrogen and oxygen atoms in total. The number of aromatic nitrogens is 2. The Bertz CT molecular complexity index is 1060. The molecule has 3 aromatic rings. The summed E-state index contributed by atoms with van der Waals surface area (Å²) in [5.41, 5.74) is 5.69. The predicted octanol–water partition coefficient (Wildman–Crippen LogP) is 6.93. The van der Waals surface area contributed by atoms with Gasteiger partial charge in [-0.3, -0.25) is 10.1 Å². The summed E-state index contributed by atoms with van der Waals surface area (Å²) in [5.74, 6) is 1.49. The van der Waals surface area contributed by atoms with Crippen molar-refractivity contribution in [3.63, 3.8) is 0 Å². The molecule has 0 saturated heterocycles. The van der Waals surface area contributed by atoms with Crippen LogP contribution >= 0.6 is 0 Å². The van der Waals surface area contributed by atoms with Crippen molar-refractivity contribution in [2.75, 3.05) is 6.61 Å². The van der Waals surface area contributed by atoms with Crippen molar-refractivity contribution in [2.45, 2.75) is 53.4 Å². The minimum absolute atomic E-state index is 0.0528. The van der Waals surface area contributed by atoms with Crippen LogP contribution in [0, 0.1) is 29.9 Å². The van der Waals surface area contributed by atoms with Gasteiger partial charge < -0.3 is 4.74 Å². The second-order valence-corrected chi connectivity index (χ2v) is 8.26.